The molecule has 0 unspecified atom stereocenters. The molecule has 6 aromatic carbocycles. The van der Waals surface area contributed by atoms with Crippen molar-refractivity contribution in [1.29, 1.82) is 0 Å². The highest BCUT2D eigenvalue weighted by molar-refractivity contribution is 6.05. The molecule has 0 atom stereocenters. The Bertz CT molecular complexity index is 2200. The van der Waals surface area contributed by atoms with Gasteiger partial charge in [-0.25, -0.2) is 4.99 Å². The summed E-state index contributed by atoms with van der Waals surface area (Å²) < 4.78 is 0. The summed E-state index contributed by atoms with van der Waals surface area (Å²) in [5, 5.41) is 2.43. The number of amidine groups is 1. The molecule has 220 valence electrons. The number of aliphatic imine (C=N–C) groups is 2. The van der Waals surface area contributed by atoms with Crippen LogP contribution in [-0.4, -0.2) is 12.1 Å². The zero-order chi connectivity index (χ0) is 31.1. The van der Waals surface area contributed by atoms with Crippen molar-refractivity contribution in [2.24, 2.45) is 9.98 Å². The first-order valence-corrected chi connectivity index (χ1v) is 15.7. The first kappa shape index (κ1) is 28.9. The topological polar surface area (TPSA) is 24.7 Å². The zero-order valence-corrected chi connectivity index (χ0v) is 25.8. The van der Waals surface area contributed by atoms with E-state index in [4.69, 9.17) is 9.98 Å². The maximum Gasteiger partial charge on any atom is 0.154 e. The molecule has 0 spiro atoms. The van der Waals surface area contributed by atoms with E-state index in [9.17, 15) is 0 Å². The number of benzene rings is 6. The highest BCUT2D eigenvalue weighted by Crippen LogP contribution is 2.23. The fourth-order valence-corrected chi connectivity index (χ4v) is 5.82. The molecule has 0 N–H and O–H groups in total. The fourth-order valence-electron chi connectivity index (χ4n) is 5.82. The molecule has 0 heterocycles. The van der Waals surface area contributed by atoms with Crippen molar-refractivity contribution in [1.82, 2.24) is 0 Å². The van der Waals surface area contributed by atoms with Crippen LogP contribution in [0.25, 0.3) is 40.0 Å². The minimum Gasteiger partial charge on any atom is -0.261 e. The summed E-state index contributed by atoms with van der Waals surface area (Å²) in [6, 6.07) is 53.1. The highest BCUT2D eigenvalue weighted by Gasteiger charge is 2.07. The number of nitrogens with zero attached hydrogens (tertiary/aromatic N) is 2. The molecule has 46 heavy (non-hydrogen) atoms. The van der Waals surface area contributed by atoms with E-state index in [1.165, 1.54) is 43.8 Å². The summed E-state index contributed by atoms with van der Waals surface area (Å²) in [5.41, 5.74) is 11.7. The fraction of sp³-hybridized carbons (Fsp3) is 0.0455. The van der Waals surface area contributed by atoms with Gasteiger partial charge in [-0.05, 0) is 85.7 Å². The molecule has 2 heteroatoms. The monoisotopic (exact) mass is 590 g/mol. The van der Waals surface area contributed by atoms with Crippen LogP contribution < -0.4 is 10.4 Å². The average molecular weight is 591 g/mol. The van der Waals surface area contributed by atoms with E-state index in [0.29, 0.717) is 12.4 Å². The van der Waals surface area contributed by atoms with Gasteiger partial charge in [-0.15, -0.1) is 0 Å². The van der Waals surface area contributed by atoms with Gasteiger partial charge in [0.05, 0.1) is 6.54 Å². The Labute approximate surface area is 270 Å². The van der Waals surface area contributed by atoms with Crippen LogP contribution in [0.4, 0.5) is 0 Å². The number of hydrogen-bond acceptors (Lipinski definition) is 1. The van der Waals surface area contributed by atoms with Gasteiger partial charge in [0.1, 0.15) is 0 Å². The number of hydrogen-bond donors (Lipinski definition) is 0. The predicted octanol–water partition coefficient (Wildman–Crippen LogP) is 9.11. The van der Waals surface area contributed by atoms with Crippen molar-refractivity contribution in [3.8, 4) is 22.3 Å². The third kappa shape index (κ3) is 6.62. The van der Waals surface area contributed by atoms with Crippen molar-refractivity contribution in [3.63, 3.8) is 0 Å². The van der Waals surface area contributed by atoms with Crippen LogP contribution in [0.2, 0.25) is 0 Å². The lowest BCUT2D eigenvalue weighted by Gasteiger charge is -2.09. The van der Waals surface area contributed by atoms with E-state index in [0.717, 1.165) is 22.3 Å². The summed E-state index contributed by atoms with van der Waals surface area (Å²) in [6.07, 6.45) is 8.63. The highest BCUT2D eigenvalue weighted by atomic mass is 14.9. The molecule has 0 saturated carbocycles. The molecule has 1 aliphatic carbocycles. The molecule has 2 nitrogen and oxygen atoms in total. The Morgan fingerprint density at radius 1 is 0.565 bits per heavy atom. The summed E-state index contributed by atoms with van der Waals surface area (Å²) in [4.78, 5) is 9.90. The maximum absolute atomic E-state index is 5.02. The number of fused-ring (bicyclic) bond motifs is 2. The van der Waals surface area contributed by atoms with Crippen LogP contribution in [-0.2, 0) is 6.54 Å². The molecule has 0 aromatic heterocycles. The van der Waals surface area contributed by atoms with Crippen LogP contribution in [0.3, 0.4) is 0 Å². The molecular weight excluding hydrogens is 556 g/mol. The predicted molar refractivity (Wildman–Crippen MR) is 195 cm³/mol. The molecule has 0 amide bonds. The third-order valence-corrected chi connectivity index (χ3v) is 8.35. The standard InChI is InChI=1S/C44H34N2/c1-32-19-20-40-28-39(25-26-41(40)29-42-16-8-9-18-43(32)42)36-21-23-37(24-22-36)44(45-30-33-11-4-2-5-12-33)46-31-34-13-10-17-38(27-34)35-14-6-3-7-15-35/h2-30H,31H2,1H3/b20-19?,32-19+,40-20-,41-29-,42-29?,43-32?,45-30?,46-44?. The first-order chi connectivity index (χ1) is 22.7. The second-order valence-electron chi connectivity index (χ2n) is 11.5. The SMILES string of the molecule is C\C1=C/C=c2/cc(-c3ccc(C(N=Cc4ccccc4)=NCc4cccc(-c5ccccc5)c4)cc3)cc/c2=C/c2ccccc21. The summed E-state index contributed by atoms with van der Waals surface area (Å²) in [6.45, 7) is 2.72. The van der Waals surface area contributed by atoms with Crippen LogP contribution >= 0.6 is 0 Å². The largest absolute Gasteiger partial charge is 0.261 e. The maximum atomic E-state index is 5.02. The second kappa shape index (κ2) is 13.4. The normalized spacial score (nSPS) is 15.2. The Balaban J connectivity index is 1.20. The van der Waals surface area contributed by atoms with Gasteiger partial charge >= 0.3 is 0 Å². The summed E-state index contributed by atoms with van der Waals surface area (Å²) >= 11 is 0. The quantitative estimate of drug-likeness (QED) is 0.137. The average Bonchev–Trinajstić information content (AvgIpc) is 3.12. The lowest BCUT2D eigenvalue weighted by Crippen LogP contribution is -2.25. The van der Waals surface area contributed by atoms with Crippen LogP contribution in [0.15, 0.2) is 168 Å². The van der Waals surface area contributed by atoms with Gasteiger partial charge in [0.25, 0.3) is 0 Å². The molecule has 6 aromatic rings. The number of allylic oxidation sites excluding steroid dienone is 2. The van der Waals surface area contributed by atoms with Crippen LogP contribution in [0.1, 0.15) is 34.7 Å². The van der Waals surface area contributed by atoms with Gasteiger partial charge in [-0.3, -0.25) is 4.99 Å². The van der Waals surface area contributed by atoms with Gasteiger partial charge in [-0.1, -0.05) is 152 Å². The van der Waals surface area contributed by atoms with Gasteiger partial charge in [0.15, 0.2) is 5.84 Å². The Morgan fingerprint density at radius 2 is 1.24 bits per heavy atom. The Kier molecular flexibility index (Phi) is 8.43. The second-order valence-corrected chi connectivity index (χ2v) is 11.5. The van der Waals surface area contributed by atoms with Crippen molar-refractivity contribution in [3.05, 3.63) is 196 Å². The van der Waals surface area contributed by atoms with Crippen LogP contribution in [0.5, 0.6) is 0 Å². The summed E-state index contributed by atoms with van der Waals surface area (Å²) in [7, 11) is 0. The zero-order valence-electron chi connectivity index (χ0n) is 25.8. The minimum atomic E-state index is 0.539. The molecule has 0 aliphatic heterocycles. The Morgan fingerprint density at radius 3 is 2.07 bits per heavy atom. The molecule has 1 aliphatic rings. The smallest absolute Gasteiger partial charge is 0.154 e. The molecule has 0 radical (unpaired) electrons. The molecule has 0 saturated heterocycles. The van der Waals surface area contributed by atoms with Crippen molar-refractivity contribution in [2.45, 2.75) is 13.5 Å². The molecular formula is C44H34N2. The van der Waals surface area contributed by atoms with Gasteiger partial charge < -0.3 is 0 Å². The third-order valence-electron chi connectivity index (χ3n) is 8.35. The van der Waals surface area contributed by atoms with E-state index in [1.54, 1.807) is 0 Å². The van der Waals surface area contributed by atoms with Crippen molar-refractivity contribution >= 4 is 29.8 Å². The molecule has 7 rings (SSSR count). The first-order valence-electron chi connectivity index (χ1n) is 15.7. The molecule has 0 bridgehead atoms. The van der Waals surface area contributed by atoms with Gasteiger partial charge in [0, 0.05) is 11.8 Å². The van der Waals surface area contributed by atoms with Gasteiger partial charge in [-0.2, -0.15) is 0 Å². The van der Waals surface area contributed by atoms with E-state index in [2.05, 4.69) is 153 Å². The minimum absolute atomic E-state index is 0.539. The van der Waals surface area contributed by atoms with Crippen molar-refractivity contribution in [2.75, 3.05) is 0 Å². The van der Waals surface area contributed by atoms with E-state index < -0.39 is 0 Å². The summed E-state index contributed by atoms with van der Waals surface area (Å²) in [5.74, 6) is 0.709. The number of rotatable bonds is 6. The molecule has 0 fully saturated rings. The van der Waals surface area contributed by atoms with E-state index in [1.807, 2.05) is 30.5 Å². The van der Waals surface area contributed by atoms with Crippen LogP contribution in [0, 0.1) is 0 Å². The van der Waals surface area contributed by atoms with Gasteiger partial charge in [0.2, 0.25) is 0 Å². The lowest BCUT2D eigenvalue weighted by atomic mass is 9.96. The van der Waals surface area contributed by atoms with E-state index in [-0.39, 0.29) is 0 Å². The Hall–Kier alpha value is -5.86. The van der Waals surface area contributed by atoms with Crippen molar-refractivity contribution < 1.29 is 0 Å². The van der Waals surface area contributed by atoms with E-state index >= 15 is 0 Å². The lowest BCUT2D eigenvalue weighted by molar-refractivity contribution is 1.06.